The van der Waals surface area contributed by atoms with Gasteiger partial charge in [-0.25, -0.2) is 16.8 Å². The molecule has 10 heteroatoms. The molecule has 1 heterocycles. The van der Waals surface area contributed by atoms with E-state index in [-0.39, 0.29) is 5.75 Å². The van der Waals surface area contributed by atoms with Crippen molar-refractivity contribution in [2.24, 2.45) is 5.10 Å². The Morgan fingerprint density at radius 2 is 1.83 bits per heavy atom. The molecule has 1 atom stereocenters. The van der Waals surface area contributed by atoms with E-state index < -0.39 is 26.1 Å². The number of anilines is 1. The van der Waals surface area contributed by atoms with Crippen LogP contribution in [0.2, 0.25) is 0 Å². The van der Waals surface area contributed by atoms with Crippen LogP contribution in [0.25, 0.3) is 0 Å². The molecule has 0 saturated heterocycles. The molecule has 1 aliphatic heterocycles. The number of rotatable bonds is 8. The Labute approximate surface area is 177 Å². The lowest BCUT2D eigenvalue weighted by atomic mass is 9.98. The molecule has 2 aromatic rings. The highest BCUT2D eigenvalue weighted by molar-refractivity contribution is 7.92. The quantitative estimate of drug-likeness (QED) is 0.664. The van der Waals surface area contributed by atoms with Gasteiger partial charge in [-0.1, -0.05) is 30.3 Å². The third kappa shape index (κ3) is 4.93. The monoisotopic (exact) mass is 451 g/mol. The van der Waals surface area contributed by atoms with Gasteiger partial charge in [-0.2, -0.15) is 9.52 Å². The van der Waals surface area contributed by atoms with Gasteiger partial charge in [0.25, 0.3) is 0 Å². The Morgan fingerprint density at radius 3 is 2.50 bits per heavy atom. The van der Waals surface area contributed by atoms with Crippen LogP contribution in [0.4, 0.5) is 5.69 Å². The highest BCUT2D eigenvalue weighted by Crippen LogP contribution is 2.39. The van der Waals surface area contributed by atoms with E-state index in [0.717, 1.165) is 16.2 Å². The standard InChI is InChI=1S/C20H25N3O5S2/c1-4-28-20-12-7-6-11-17(20)19-14-18(21-23(19)30(26,27)5-2)15-9-8-10-16(13-15)22-29(3,24)25/h6-13,19,22H,4-5,14H2,1-3H3/t19-/m1/s1. The summed E-state index contributed by atoms with van der Waals surface area (Å²) in [6.45, 7) is 3.90. The highest BCUT2D eigenvalue weighted by atomic mass is 32.2. The summed E-state index contributed by atoms with van der Waals surface area (Å²) in [6, 6.07) is 13.5. The number of hydrogen-bond donors (Lipinski definition) is 1. The fraction of sp³-hybridized carbons (Fsp3) is 0.350. The lowest BCUT2D eigenvalue weighted by Crippen LogP contribution is -2.28. The van der Waals surface area contributed by atoms with E-state index in [9.17, 15) is 16.8 Å². The lowest BCUT2D eigenvalue weighted by Gasteiger charge is -2.24. The van der Waals surface area contributed by atoms with E-state index in [0.29, 0.717) is 35.7 Å². The normalized spacial score (nSPS) is 17.0. The van der Waals surface area contributed by atoms with Crippen LogP contribution in [0.15, 0.2) is 53.6 Å². The maximum atomic E-state index is 12.8. The Hall–Kier alpha value is -2.59. The fourth-order valence-corrected chi connectivity index (χ4v) is 4.92. The summed E-state index contributed by atoms with van der Waals surface area (Å²) in [6.07, 6.45) is 1.41. The van der Waals surface area contributed by atoms with Crippen molar-refractivity contribution in [1.29, 1.82) is 0 Å². The molecule has 0 aliphatic carbocycles. The minimum atomic E-state index is -3.63. The lowest BCUT2D eigenvalue weighted by molar-refractivity contribution is 0.316. The summed E-state index contributed by atoms with van der Waals surface area (Å²) in [5.74, 6) is 0.525. The van der Waals surface area contributed by atoms with Crippen LogP contribution in [0.5, 0.6) is 5.75 Å². The number of benzene rings is 2. The van der Waals surface area contributed by atoms with Crippen molar-refractivity contribution in [2.45, 2.75) is 26.3 Å². The van der Waals surface area contributed by atoms with Gasteiger partial charge in [-0.3, -0.25) is 4.72 Å². The minimum Gasteiger partial charge on any atom is -0.494 e. The number of nitrogens with zero attached hydrogens (tertiary/aromatic N) is 2. The average molecular weight is 452 g/mol. The fourth-order valence-electron chi connectivity index (χ4n) is 3.30. The Balaban J connectivity index is 2.03. The van der Waals surface area contributed by atoms with Gasteiger partial charge in [0.1, 0.15) is 5.75 Å². The third-order valence-corrected chi connectivity index (χ3v) is 6.84. The maximum absolute atomic E-state index is 12.8. The van der Waals surface area contributed by atoms with E-state index >= 15 is 0 Å². The van der Waals surface area contributed by atoms with Crippen LogP contribution in [0.1, 0.15) is 37.4 Å². The maximum Gasteiger partial charge on any atom is 0.250 e. The van der Waals surface area contributed by atoms with Gasteiger partial charge in [-0.05, 0) is 37.6 Å². The smallest absolute Gasteiger partial charge is 0.250 e. The second-order valence-corrected chi connectivity index (χ2v) is 10.7. The topological polar surface area (TPSA) is 105 Å². The van der Waals surface area contributed by atoms with Crippen LogP contribution >= 0.6 is 0 Å². The zero-order valence-electron chi connectivity index (χ0n) is 17.1. The molecule has 1 aliphatic rings. The molecular formula is C20H25N3O5S2. The van der Waals surface area contributed by atoms with Gasteiger partial charge in [0, 0.05) is 17.7 Å². The van der Waals surface area contributed by atoms with Crippen LogP contribution in [-0.2, 0) is 20.0 Å². The Bertz CT molecular complexity index is 1160. The van der Waals surface area contributed by atoms with E-state index in [4.69, 9.17) is 4.74 Å². The molecule has 0 amide bonds. The first-order valence-corrected chi connectivity index (χ1v) is 13.0. The molecule has 162 valence electrons. The zero-order chi connectivity index (χ0) is 21.9. The second kappa shape index (κ2) is 8.65. The van der Waals surface area contributed by atoms with Gasteiger partial charge >= 0.3 is 0 Å². The first-order chi connectivity index (χ1) is 14.1. The minimum absolute atomic E-state index is 0.0905. The van der Waals surface area contributed by atoms with E-state index in [1.807, 2.05) is 31.2 Å². The van der Waals surface area contributed by atoms with Crippen molar-refractivity contribution in [3.8, 4) is 5.75 Å². The molecule has 8 nitrogen and oxygen atoms in total. The van der Waals surface area contributed by atoms with Gasteiger partial charge in [-0.15, -0.1) is 0 Å². The molecule has 0 bridgehead atoms. The second-order valence-electron chi connectivity index (χ2n) is 6.87. The number of ether oxygens (including phenoxy) is 1. The summed E-state index contributed by atoms with van der Waals surface area (Å²) < 4.78 is 57.9. The number of sulfonamides is 2. The number of hydrogen-bond acceptors (Lipinski definition) is 6. The molecule has 3 rings (SSSR count). The molecule has 30 heavy (non-hydrogen) atoms. The molecule has 0 saturated carbocycles. The Morgan fingerprint density at radius 1 is 1.10 bits per heavy atom. The number of hydrazone groups is 1. The summed E-state index contributed by atoms with van der Waals surface area (Å²) in [7, 11) is -7.06. The van der Waals surface area contributed by atoms with E-state index in [1.54, 1.807) is 31.2 Å². The van der Waals surface area contributed by atoms with Crippen LogP contribution < -0.4 is 9.46 Å². The number of nitrogens with one attached hydrogen (secondary N) is 1. The SMILES string of the molecule is CCOc1ccccc1[C@H]1CC(c2cccc(NS(C)(=O)=O)c2)=NN1S(=O)(=O)CC. The molecule has 0 spiro atoms. The predicted molar refractivity (Wildman–Crippen MR) is 118 cm³/mol. The van der Waals surface area contributed by atoms with Crippen molar-refractivity contribution >= 4 is 31.4 Å². The molecule has 0 radical (unpaired) electrons. The molecular weight excluding hydrogens is 426 g/mol. The molecule has 0 aromatic heterocycles. The summed E-state index contributed by atoms with van der Waals surface area (Å²) in [4.78, 5) is 0. The van der Waals surface area contributed by atoms with E-state index in [2.05, 4.69) is 9.82 Å². The summed E-state index contributed by atoms with van der Waals surface area (Å²) >= 11 is 0. The largest absolute Gasteiger partial charge is 0.494 e. The van der Waals surface area contributed by atoms with Gasteiger partial charge in [0.2, 0.25) is 20.0 Å². The van der Waals surface area contributed by atoms with Crippen LogP contribution in [-0.4, -0.2) is 45.6 Å². The molecule has 2 aromatic carbocycles. The zero-order valence-corrected chi connectivity index (χ0v) is 18.7. The van der Waals surface area contributed by atoms with Gasteiger partial charge < -0.3 is 4.74 Å². The predicted octanol–water partition coefficient (Wildman–Crippen LogP) is 2.96. The van der Waals surface area contributed by atoms with Crippen molar-refractivity contribution in [3.05, 3.63) is 59.7 Å². The van der Waals surface area contributed by atoms with Crippen molar-refractivity contribution in [1.82, 2.24) is 4.41 Å². The summed E-state index contributed by atoms with van der Waals surface area (Å²) in [5.41, 5.74) is 2.33. The van der Waals surface area contributed by atoms with Gasteiger partial charge in [0.05, 0.1) is 30.4 Å². The third-order valence-electron chi connectivity index (χ3n) is 4.60. The van der Waals surface area contributed by atoms with Crippen LogP contribution in [0.3, 0.4) is 0 Å². The number of para-hydroxylation sites is 1. The molecule has 0 unspecified atom stereocenters. The Kier molecular flexibility index (Phi) is 6.37. The molecule has 1 N–H and O–H groups in total. The summed E-state index contributed by atoms with van der Waals surface area (Å²) in [5, 5.41) is 4.43. The van der Waals surface area contributed by atoms with Crippen molar-refractivity contribution < 1.29 is 21.6 Å². The average Bonchev–Trinajstić information content (AvgIpc) is 3.14. The first kappa shape index (κ1) is 22.1. The van der Waals surface area contributed by atoms with Crippen molar-refractivity contribution in [3.63, 3.8) is 0 Å². The van der Waals surface area contributed by atoms with Crippen LogP contribution in [0, 0.1) is 0 Å². The molecule has 0 fully saturated rings. The van der Waals surface area contributed by atoms with Gasteiger partial charge in [0.15, 0.2) is 0 Å². The van der Waals surface area contributed by atoms with E-state index in [1.165, 1.54) is 0 Å². The van der Waals surface area contributed by atoms with Crippen molar-refractivity contribution in [2.75, 3.05) is 23.3 Å². The highest BCUT2D eigenvalue weighted by Gasteiger charge is 2.37. The first-order valence-electron chi connectivity index (χ1n) is 9.54.